The fraction of sp³-hybridized carbons (Fsp3) is 0.235. The number of carbonyl (C=O) groups is 1. The molecule has 0 spiro atoms. The lowest BCUT2D eigenvalue weighted by Gasteiger charge is -2.24. The third-order valence-electron chi connectivity index (χ3n) is 3.89. The molecule has 0 aliphatic carbocycles. The molecule has 1 aliphatic rings. The minimum absolute atomic E-state index is 0.147. The van der Waals surface area contributed by atoms with Crippen molar-refractivity contribution in [2.75, 3.05) is 10.9 Å². The van der Waals surface area contributed by atoms with E-state index in [0.29, 0.717) is 17.9 Å². The van der Waals surface area contributed by atoms with Crippen LogP contribution in [0.2, 0.25) is 0 Å². The van der Waals surface area contributed by atoms with Crippen LogP contribution in [0.5, 0.6) is 5.75 Å². The highest BCUT2D eigenvalue weighted by Crippen LogP contribution is 2.36. The molecule has 2 aromatic carbocycles. The van der Waals surface area contributed by atoms with Gasteiger partial charge in [-0.05, 0) is 49.2 Å². The van der Waals surface area contributed by atoms with Crippen molar-refractivity contribution in [2.24, 2.45) is 0 Å². The third-order valence-corrected chi connectivity index (χ3v) is 5.83. The Kier molecular flexibility index (Phi) is 4.19. The highest BCUT2D eigenvalue weighted by Gasteiger charge is 2.35. The fourth-order valence-corrected chi connectivity index (χ4v) is 4.56. The lowest BCUT2D eigenvalue weighted by molar-refractivity contribution is -0.139. The zero-order chi connectivity index (χ0) is 17.3. The maximum Gasteiger partial charge on any atom is 0.341 e. The fourth-order valence-electron chi connectivity index (χ4n) is 2.87. The summed E-state index contributed by atoms with van der Waals surface area (Å²) in [6.07, 6.45) is 0.676. The number of hydrogen-bond donors (Lipinski definition) is 1. The normalized spacial score (nSPS) is 16.7. The van der Waals surface area contributed by atoms with Gasteiger partial charge in [0, 0.05) is 6.04 Å². The molecule has 24 heavy (non-hydrogen) atoms. The molecule has 0 aromatic heterocycles. The second-order valence-corrected chi connectivity index (χ2v) is 7.45. The van der Waals surface area contributed by atoms with Crippen LogP contribution in [0.3, 0.4) is 0 Å². The predicted molar refractivity (Wildman–Crippen MR) is 88.8 cm³/mol. The first kappa shape index (κ1) is 16.3. The molecule has 0 bridgehead atoms. The molecule has 0 saturated carbocycles. The van der Waals surface area contributed by atoms with Gasteiger partial charge in [-0.15, -0.1) is 0 Å². The Morgan fingerprint density at radius 3 is 2.54 bits per heavy atom. The van der Waals surface area contributed by atoms with E-state index in [1.165, 1.54) is 28.6 Å². The minimum Gasteiger partial charge on any atom is -0.482 e. The third kappa shape index (κ3) is 2.94. The maximum absolute atomic E-state index is 13.0. The number of sulfonamides is 1. The summed E-state index contributed by atoms with van der Waals surface area (Å²) in [6.45, 7) is 1.41. The van der Waals surface area contributed by atoms with Gasteiger partial charge >= 0.3 is 5.97 Å². The van der Waals surface area contributed by atoms with Crippen molar-refractivity contribution in [3.05, 3.63) is 54.1 Å². The van der Waals surface area contributed by atoms with Crippen molar-refractivity contribution in [3.8, 4) is 5.75 Å². The lowest BCUT2D eigenvalue weighted by atomic mass is 10.1. The van der Waals surface area contributed by atoms with E-state index in [4.69, 9.17) is 9.84 Å². The number of nitrogens with zero attached hydrogens (tertiary/aromatic N) is 1. The molecule has 126 valence electrons. The Morgan fingerprint density at radius 1 is 1.21 bits per heavy atom. The summed E-state index contributed by atoms with van der Waals surface area (Å²) in [6, 6.07) is 13.1. The number of hydrogen-bond acceptors (Lipinski definition) is 4. The molecule has 0 amide bonds. The van der Waals surface area contributed by atoms with Crippen LogP contribution in [0, 0.1) is 0 Å². The lowest BCUT2D eigenvalue weighted by Crippen LogP contribution is -2.35. The zero-order valence-electron chi connectivity index (χ0n) is 13.0. The van der Waals surface area contributed by atoms with Gasteiger partial charge in [0.25, 0.3) is 10.0 Å². The van der Waals surface area contributed by atoms with E-state index < -0.39 is 22.6 Å². The van der Waals surface area contributed by atoms with E-state index in [0.717, 1.165) is 5.56 Å². The zero-order valence-corrected chi connectivity index (χ0v) is 13.9. The van der Waals surface area contributed by atoms with Gasteiger partial charge in [-0.2, -0.15) is 0 Å². The molecule has 0 radical (unpaired) electrons. The summed E-state index contributed by atoms with van der Waals surface area (Å²) >= 11 is 0. The van der Waals surface area contributed by atoms with Crippen molar-refractivity contribution in [1.29, 1.82) is 0 Å². The molecule has 1 aliphatic heterocycles. The van der Waals surface area contributed by atoms with Gasteiger partial charge in [0.1, 0.15) is 5.75 Å². The topological polar surface area (TPSA) is 83.9 Å². The Labute approximate surface area is 140 Å². The summed E-state index contributed by atoms with van der Waals surface area (Å²) in [5.74, 6) is -0.777. The monoisotopic (exact) mass is 347 g/mol. The molecule has 0 saturated heterocycles. The van der Waals surface area contributed by atoms with Crippen molar-refractivity contribution in [3.63, 3.8) is 0 Å². The van der Waals surface area contributed by atoms with Gasteiger partial charge < -0.3 is 9.84 Å². The predicted octanol–water partition coefficient (Wildman–Crippen LogP) is 2.29. The second kappa shape index (κ2) is 6.16. The molecule has 6 nitrogen and oxygen atoms in total. The van der Waals surface area contributed by atoms with Crippen LogP contribution >= 0.6 is 0 Å². The van der Waals surface area contributed by atoms with Crippen molar-refractivity contribution in [1.82, 2.24) is 0 Å². The van der Waals surface area contributed by atoms with E-state index in [-0.39, 0.29) is 10.9 Å². The number of ether oxygens (including phenoxy) is 1. The minimum atomic E-state index is -3.69. The molecule has 1 heterocycles. The van der Waals surface area contributed by atoms with Gasteiger partial charge in [0.2, 0.25) is 0 Å². The summed E-state index contributed by atoms with van der Waals surface area (Å²) in [4.78, 5) is 10.6. The average molecular weight is 347 g/mol. The van der Waals surface area contributed by atoms with Crippen LogP contribution in [0.15, 0.2) is 53.4 Å². The first-order chi connectivity index (χ1) is 11.4. The number of benzene rings is 2. The highest BCUT2D eigenvalue weighted by atomic mass is 32.2. The second-order valence-electron chi connectivity index (χ2n) is 5.64. The molecule has 1 atom stereocenters. The van der Waals surface area contributed by atoms with Crippen molar-refractivity contribution in [2.45, 2.75) is 24.3 Å². The van der Waals surface area contributed by atoms with Gasteiger partial charge in [-0.25, -0.2) is 13.2 Å². The molecule has 3 rings (SSSR count). The Morgan fingerprint density at radius 2 is 1.88 bits per heavy atom. The van der Waals surface area contributed by atoms with Crippen molar-refractivity contribution >= 4 is 21.7 Å². The van der Waals surface area contributed by atoms with E-state index in [9.17, 15) is 13.2 Å². The van der Waals surface area contributed by atoms with E-state index >= 15 is 0 Å². The van der Waals surface area contributed by atoms with Crippen LogP contribution in [-0.2, 0) is 21.2 Å². The smallest absolute Gasteiger partial charge is 0.341 e. The van der Waals surface area contributed by atoms with Crippen LogP contribution in [0.4, 0.5) is 5.69 Å². The Balaban J connectivity index is 1.90. The van der Waals surface area contributed by atoms with Crippen LogP contribution < -0.4 is 9.04 Å². The SMILES string of the molecule is C[C@@H]1Cc2ccccc2N1S(=O)(=O)c1ccc(OCC(=O)O)cc1. The summed E-state index contributed by atoms with van der Waals surface area (Å²) in [7, 11) is -3.69. The van der Waals surface area contributed by atoms with Gasteiger partial charge in [0.05, 0.1) is 10.6 Å². The molecular weight excluding hydrogens is 330 g/mol. The number of rotatable bonds is 5. The molecule has 2 aromatic rings. The average Bonchev–Trinajstić information content (AvgIpc) is 2.89. The van der Waals surface area contributed by atoms with Gasteiger partial charge in [-0.1, -0.05) is 18.2 Å². The van der Waals surface area contributed by atoms with Gasteiger partial charge in [-0.3, -0.25) is 4.31 Å². The first-order valence-electron chi connectivity index (χ1n) is 7.46. The van der Waals surface area contributed by atoms with Crippen LogP contribution in [-0.4, -0.2) is 32.1 Å². The van der Waals surface area contributed by atoms with Crippen LogP contribution in [0.25, 0.3) is 0 Å². The quantitative estimate of drug-likeness (QED) is 0.897. The van der Waals surface area contributed by atoms with Crippen molar-refractivity contribution < 1.29 is 23.1 Å². The maximum atomic E-state index is 13.0. The number of carboxylic acid groups (broad SMARTS) is 1. The summed E-state index contributed by atoms with van der Waals surface area (Å²) in [5.41, 5.74) is 1.71. The highest BCUT2D eigenvalue weighted by molar-refractivity contribution is 7.92. The molecular formula is C17H17NO5S. The molecule has 1 N–H and O–H groups in total. The Hall–Kier alpha value is -2.54. The number of anilines is 1. The molecule has 0 fully saturated rings. The summed E-state index contributed by atoms with van der Waals surface area (Å²) in [5, 5.41) is 8.60. The number of aliphatic carboxylic acids is 1. The first-order valence-corrected chi connectivity index (χ1v) is 8.90. The largest absolute Gasteiger partial charge is 0.482 e. The molecule has 0 unspecified atom stereocenters. The number of para-hydroxylation sites is 1. The standard InChI is InChI=1S/C17H17NO5S/c1-12-10-13-4-2-3-5-16(13)18(12)24(21,22)15-8-6-14(7-9-15)23-11-17(19)20/h2-9,12H,10-11H2,1H3,(H,19,20)/t12-/m1/s1. The number of carboxylic acids is 1. The van der Waals surface area contributed by atoms with E-state index in [2.05, 4.69) is 0 Å². The molecule has 7 heteroatoms. The van der Waals surface area contributed by atoms with Gasteiger partial charge in [0.15, 0.2) is 6.61 Å². The number of fused-ring (bicyclic) bond motifs is 1. The van der Waals surface area contributed by atoms with E-state index in [1.54, 1.807) is 6.07 Å². The summed E-state index contributed by atoms with van der Waals surface area (Å²) < 4.78 is 32.4. The van der Waals surface area contributed by atoms with Crippen LogP contribution in [0.1, 0.15) is 12.5 Å². The van der Waals surface area contributed by atoms with E-state index in [1.807, 2.05) is 25.1 Å². The Bertz CT molecular complexity index is 861.